The summed E-state index contributed by atoms with van der Waals surface area (Å²) < 4.78 is 24.9. The molecule has 0 bridgehead atoms. The second-order valence-corrected chi connectivity index (χ2v) is 8.59. The lowest BCUT2D eigenvalue weighted by atomic mass is 10.0. The van der Waals surface area contributed by atoms with Gasteiger partial charge in [0.1, 0.15) is 23.9 Å². The topological polar surface area (TPSA) is 59.9 Å². The Balaban J connectivity index is 1.22. The molecule has 188 valence electrons. The molecule has 0 aliphatic rings. The van der Waals surface area contributed by atoms with E-state index in [1.165, 1.54) is 12.1 Å². The van der Waals surface area contributed by atoms with Gasteiger partial charge in [0.15, 0.2) is 6.61 Å². The van der Waals surface area contributed by atoms with Gasteiger partial charge < -0.3 is 9.47 Å². The largest absolute Gasteiger partial charge is 0.488 e. The van der Waals surface area contributed by atoms with Gasteiger partial charge in [0.25, 0.3) is 5.91 Å². The minimum Gasteiger partial charge on any atom is -0.488 e. The molecule has 0 atom stereocenters. The fraction of sp³-hybridized carbons (Fsp3) is 0.0625. The minimum atomic E-state index is -0.387. The van der Waals surface area contributed by atoms with Crippen LogP contribution in [0.5, 0.6) is 11.5 Å². The molecule has 1 amide bonds. The highest BCUT2D eigenvalue weighted by atomic mass is 19.1. The maximum Gasteiger partial charge on any atom is 0.277 e. The van der Waals surface area contributed by atoms with Crippen LogP contribution >= 0.6 is 0 Å². The predicted molar refractivity (Wildman–Crippen MR) is 148 cm³/mol. The number of amides is 1. The van der Waals surface area contributed by atoms with Crippen LogP contribution < -0.4 is 14.9 Å². The standard InChI is InChI=1S/C32H25FN2O3/c33-27-15-10-23(11-16-27)21-38-31-19-14-26-8-4-5-9-29(26)30(31)20-34-35-32(36)22-37-28-17-12-25(13-18-28)24-6-2-1-3-7-24/h1-20H,21-22H2,(H,35,36). The van der Waals surface area contributed by atoms with Crippen molar-refractivity contribution in [3.8, 4) is 22.6 Å². The third-order valence-electron chi connectivity index (χ3n) is 5.95. The van der Waals surface area contributed by atoms with Gasteiger partial charge in [-0.1, -0.05) is 84.9 Å². The Hall–Kier alpha value is -4.97. The fourth-order valence-corrected chi connectivity index (χ4v) is 4.00. The first kappa shape index (κ1) is 24.7. The van der Waals surface area contributed by atoms with Gasteiger partial charge in [-0.3, -0.25) is 4.79 Å². The zero-order valence-corrected chi connectivity index (χ0v) is 20.5. The minimum absolute atomic E-state index is 0.175. The number of hydrogen-bond donors (Lipinski definition) is 1. The van der Waals surface area contributed by atoms with Gasteiger partial charge in [-0.05, 0) is 57.8 Å². The first-order valence-corrected chi connectivity index (χ1v) is 12.1. The van der Waals surface area contributed by atoms with Crippen molar-refractivity contribution in [2.75, 3.05) is 6.61 Å². The van der Waals surface area contributed by atoms with Crippen LogP contribution in [0.4, 0.5) is 4.39 Å². The molecule has 0 saturated carbocycles. The van der Waals surface area contributed by atoms with Gasteiger partial charge in [-0.2, -0.15) is 5.10 Å². The smallest absolute Gasteiger partial charge is 0.277 e. The van der Waals surface area contributed by atoms with Crippen molar-refractivity contribution >= 4 is 22.9 Å². The Labute approximate surface area is 220 Å². The fourth-order valence-electron chi connectivity index (χ4n) is 4.00. The number of hydrogen-bond acceptors (Lipinski definition) is 4. The second-order valence-electron chi connectivity index (χ2n) is 8.59. The van der Waals surface area contributed by atoms with Crippen molar-refractivity contribution in [2.45, 2.75) is 6.61 Å². The number of nitrogens with zero attached hydrogens (tertiary/aromatic N) is 1. The molecule has 0 unspecified atom stereocenters. The van der Waals surface area contributed by atoms with Gasteiger partial charge in [-0.25, -0.2) is 9.82 Å². The summed E-state index contributed by atoms with van der Waals surface area (Å²) >= 11 is 0. The van der Waals surface area contributed by atoms with E-state index in [2.05, 4.69) is 10.5 Å². The molecule has 0 spiro atoms. The van der Waals surface area contributed by atoms with Crippen LogP contribution in [0.15, 0.2) is 120 Å². The number of fused-ring (bicyclic) bond motifs is 1. The van der Waals surface area contributed by atoms with Crippen molar-refractivity contribution in [3.05, 3.63) is 132 Å². The molecule has 0 aromatic heterocycles. The molecule has 38 heavy (non-hydrogen) atoms. The average molecular weight is 505 g/mol. The van der Waals surface area contributed by atoms with Crippen molar-refractivity contribution in [1.82, 2.24) is 5.43 Å². The summed E-state index contributed by atoms with van der Waals surface area (Å²) in [6, 6.07) is 35.4. The van der Waals surface area contributed by atoms with E-state index in [0.29, 0.717) is 11.5 Å². The van der Waals surface area contributed by atoms with Crippen LogP contribution in [0.1, 0.15) is 11.1 Å². The summed E-state index contributed by atoms with van der Waals surface area (Å²) in [5.74, 6) is 0.508. The van der Waals surface area contributed by atoms with E-state index in [9.17, 15) is 9.18 Å². The quantitative estimate of drug-likeness (QED) is 0.178. The molecule has 0 fully saturated rings. The van der Waals surface area contributed by atoms with Crippen LogP contribution in [0.2, 0.25) is 0 Å². The van der Waals surface area contributed by atoms with Crippen LogP contribution in [-0.4, -0.2) is 18.7 Å². The van der Waals surface area contributed by atoms with Crippen molar-refractivity contribution in [3.63, 3.8) is 0 Å². The van der Waals surface area contributed by atoms with Crippen molar-refractivity contribution < 1.29 is 18.7 Å². The molecule has 5 aromatic carbocycles. The van der Waals surface area contributed by atoms with Crippen LogP contribution in [0, 0.1) is 5.82 Å². The average Bonchev–Trinajstić information content (AvgIpc) is 2.97. The molecule has 0 heterocycles. The Morgan fingerprint density at radius 3 is 2.26 bits per heavy atom. The number of carbonyl (C=O) groups excluding carboxylic acids is 1. The lowest BCUT2D eigenvalue weighted by molar-refractivity contribution is -0.123. The molecule has 5 aromatic rings. The van der Waals surface area contributed by atoms with Crippen LogP contribution in [0.3, 0.4) is 0 Å². The van der Waals surface area contributed by atoms with E-state index in [-0.39, 0.29) is 24.9 Å². The van der Waals surface area contributed by atoms with Gasteiger partial charge in [-0.15, -0.1) is 0 Å². The first-order chi connectivity index (χ1) is 18.7. The number of hydrazone groups is 1. The van der Waals surface area contributed by atoms with Crippen LogP contribution in [0.25, 0.3) is 21.9 Å². The number of benzene rings is 5. The Kier molecular flexibility index (Phi) is 7.70. The number of carbonyl (C=O) groups is 1. The lowest BCUT2D eigenvalue weighted by Crippen LogP contribution is -2.24. The van der Waals surface area contributed by atoms with E-state index in [0.717, 1.165) is 33.0 Å². The van der Waals surface area contributed by atoms with Gasteiger partial charge in [0, 0.05) is 5.56 Å². The highest BCUT2D eigenvalue weighted by Gasteiger charge is 2.09. The monoisotopic (exact) mass is 504 g/mol. The summed E-state index contributed by atoms with van der Waals surface area (Å²) in [5, 5.41) is 6.09. The Morgan fingerprint density at radius 1 is 0.763 bits per heavy atom. The lowest BCUT2D eigenvalue weighted by Gasteiger charge is -2.12. The maximum atomic E-state index is 13.2. The normalized spacial score (nSPS) is 11.0. The van der Waals surface area contributed by atoms with E-state index in [1.54, 1.807) is 18.3 Å². The SMILES string of the molecule is O=C(COc1ccc(-c2ccccc2)cc1)NN=Cc1c(OCc2ccc(F)cc2)ccc2ccccc12. The van der Waals surface area contributed by atoms with Crippen molar-refractivity contribution in [2.24, 2.45) is 5.10 Å². The Bertz CT molecular complexity index is 1550. The summed E-state index contributed by atoms with van der Waals surface area (Å²) in [6.07, 6.45) is 1.56. The molecular weight excluding hydrogens is 479 g/mol. The molecule has 0 aliphatic carbocycles. The van der Waals surface area contributed by atoms with E-state index in [1.807, 2.05) is 91.0 Å². The number of halogens is 1. The van der Waals surface area contributed by atoms with E-state index < -0.39 is 0 Å². The Morgan fingerprint density at radius 2 is 1.47 bits per heavy atom. The van der Waals surface area contributed by atoms with Gasteiger partial charge in [0.05, 0.1) is 6.21 Å². The zero-order valence-electron chi connectivity index (χ0n) is 20.5. The molecule has 6 heteroatoms. The van der Waals surface area contributed by atoms with Crippen LogP contribution in [-0.2, 0) is 11.4 Å². The zero-order chi connectivity index (χ0) is 26.2. The summed E-state index contributed by atoms with van der Waals surface area (Å²) in [6.45, 7) is 0.0915. The molecule has 5 rings (SSSR count). The molecule has 1 N–H and O–H groups in total. The van der Waals surface area contributed by atoms with E-state index in [4.69, 9.17) is 9.47 Å². The first-order valence-electron chi connectivity index (χ1n) is 12.1. The number of rotatable bonds is 9. The predicted octanol–water partition coefficient (Wildman–Crippen LogP) is 6.75. The second kappa shape index (κ2) is 11.8. The summed E-state index contributed by atoms with van der Waals surface area (Å²) in [4.78, 5) is 12.4. The maximum absolute atomic E-state index is 13.2. The molecular formula is C32H25FN2O3. The molecule has 5 nitrogen and oxygen atoms in total. The number of ether oxygens (including phenoxy) is 2. The van der Waals surface area contributed by atoms with Gasteiger partial charge >= 0.3 is 0 Å². The van der Waals surface area contributed by atoms with Crippen molar-refractivity contribution in [1.29, 1.82) is 0 Å². The summed E-state index contributed by atoms with van der Waals surface area (Å²) in [5.41, 5.74) is 6.26. The summed E-state index contributed by atoms with van der Waals surface area (Å²) in [7, 11) is 0. The molecule has 0 saturated heterocycles. The highest BCUT2D eigenvalue weighted by molar-refractivity contribution is 6.02. The number of nitrogens with one attached hydrogen (secondary N) is 1. The highest BCUT2D eigenvalue weighted by Crippen LogP contribution is 2.27. The molecule has 0 radical (unpaired) electrons. The third-order valence-corrected chi connectivity index (χ3v) is 5.95. The third kappa shape index (κ3) is 6.23. The molecule has 0 aliphatic heterocycles. The van der Waals surface area contributed by atoms with Gasteiger partial charge in [0.2, 0.25) is 0 Å². The van der Waals surface area contributed by atoms with E-state index >= 15 is 0 Å².